The van der Waals surface area contributed by atoms with Crippen LogP contribution in [0.2, 0.25) is 0 Å². The molecule has 1 saturated carbocycles. The molecule has 15 heavy (non-hydrogen) atoms. The van der Waals surface area contributed by atoms with Crippen LogP contribution in [0.15, 0.2) is 0 Å². The van der Waals surface area contributed by atoms with E-state index in [0.717, 1.165) is 12.8 Å². The van der Waals surface area contributed by atoms with Crippen molar-refractivity contribution in [3.05, 3.63) is 0 Å². The Labute approximate surface area is 92.6 Å². The van der Waals surface area contributed by atoms with Crippen LogP contribution in [0.3, 0.4) is 0 Å². The van der Waals surface area contributed by atoms with E-state index in [9.17, 15) is 4.79 Å². The van der Waals surface area contributed by atoms with E-state index in [4.69, 9.17) is 4.74 Å². The molecule has 0 aromatic carbocycles. The lowest BCUT2D eigenvalue weighted by Crippen LogP contribution is -2.40. The van der Waals surface area contributed by atoms with Crippen LogP contribution in [-0.2, 0) is 4.74 Å². The lowest BCUT2D eigenvalue weighted by atomic mass is 9.76. The van der Waals surface area contributed by atoms with Crippen LogP contribution in [-0.4, -0.2) is 18.2 Å². The lowest BCUT2D eigenvalue weighted by Gasteiger charge is -2.34. The molecular formula is C12H23NO2. The summed E-state index contributed by atoms with van der Waals surface area (Å²) in [5.74, 6) is 0. The van der Waals surface area contributed by atoms with Gasteiger partial charge in [-0.25, -0.2) is 4.79 Å². The van der Waals surface area contributed by atoms with Gasteiger partial charge in [0.25, 0.3) is 0 Å². The van der Waals surface area contributed by atoms with E-state index in [2.05, 4.69) is 19.2 Å². The Balaban J connectivity index is 2.27. The monoisotopic (exact) mass is 213 g/mol. The highest BCUT2D eigenvalue weighted by Gasteiger charge is 2.27. The van der Waals surface area contributed by atoms with Crippen LogP contribution >= 0.6 is 0 Å². The van der Waals surface area contributed by atoms with Crippen molar-refractivity contribution in [1.82, 2.24) is 5.32 Å². The number of nitrogens with one attached hydrogen (secondary N) is 1. The molecule has 1 aliphatic rings. The van der Waals surface area contributed by atoms with Gasteiger partial charge in [-0.1, -0.05) is 13.8 Å². The number of hydrogen-bond donors (Lipinski definition) is 1. The highest BCUT2D eigenvalue weighted by molar-refractivity contribution is 5.67. The van der Waals surface area contributed by atoms with E-state index in [1.54, 1.807) is 0 Å². The molecule has 0 aromatic rings. The summed E-state index contributed by atoms with van der Waals surface area (Å²) < 4.78 is 5.05. The first kappa shape index (κ1) is 12.3. The van der Waals surface area contributed by atoms with Crippen molar-refractivity contribution in [1.29, 1.82) is 0 Å². The van der Waals surface area contributed by atoms with Crippen molar-refractivity contribution in [2.45, 2.75) is 65.5 Å². The highest BCUT2D eigenvalue weighted by atomic mass is 16.6. The van der Waals surface area contributed by atoms with Gasteiger partial charge in [0.05, 0.1) is 6.10 Å². The Kier molecular flexibility index (Phi) is 4.00. The van der Waals surface area contributed by atoms with Crippen LogP contribution in [0.5, 0.6) is 0 Å². The maximum Gasteiger partial charge on any atom is 0.407 e. The van der Waals surface area contributed by atoms with Crippen LogP contribution in [0.4, 0.5) is 4.79 Å². The van der Waals surface area contributed by atoms with Crippen molar-refractivity contribution in [2.24, 2.45) is 5.41 Å². The third-order valence-electron chi connectivity index (χ3n) is 3.00. The Morgan fingerprint density at radius 3 is 2.33 bits per heavy atom. The molecule has 1 amide bonds. The quantitative estimate of drug-likeness (QED) is 0.765. The Bertz CT molecular complexity index is 214. The molecular weight excluding hydrogens is 190 g/mol. The van der Waals surface area contributed by atoms with Crippen molar-refractivity contribution >= 4 is 6.09 Å². The minimum atomic E-state index is -0.269. The molecule has 0 aliphatic heterocycles. The standard InChI is InChI=1S/C12H23NO2/c1-9(2)15-11(14)13-10-5-7-12(3,4)8-6-10/h9-10H,5-8H2,1-4H3,(H,13,14). The predicted molar refractivity (Wildman–Crippen MR) is 60.8 cm³/mol. The number of carbonyl (C=O) groups excluding carboxylic acids is 1. The lowest BCUT2D eigenvalue weighted by molar-refractivity contribution is 0.105. The fraction of sp³-hybridized carbons (Fsp3) is 0.917. The average molecular weight is 213 g/mol. The van der Waals surface area contributed by atoms with Gasteiger partial charge >= 0.3 is 6.09 Å². The summed E-state index contributed by atoms with van der Waals surface area (Å²) in [5.41, 5.74) is 0.445. The van der Waals surface area contributed by atoms with Crippen molar-refractivity contribution in [3.8, 4) is 0 Å². The largest absolute Gasteiger partial charge is 0.447 e. The first-order valence-electron chi connectivity index (χ1n) is 5.86. The van der Waals surface area contributed by atoms with Crippen LogP contribution in [0.1, 0.15) is 53.4 Å². The summed E-state index contributed by atoms with van der Waals surface area (Å²) >= 11 is 0. The van der Waals surface area contributed by atoms with E-state index in [1.165, 1.54) is 12.8 Å². The molecule has 0 bridgehead atoms. The fourth-order valence-electron chi connectivity index (χ4n) is 1.96. The molecule has 3 heteroatoms. The fourth-order valence-corrected chi connectivity index (χ4v) is 1.96. The predicted octanol–water partition coefficient (Wildman–Crippen LogP) is 3.09. The first-order valence-corrected chi connectivity index (χ1v) is 5.86. The summed E-state index contributed by atoms with van der Waals surface area (Å²) in [5, 5.41) is 2.93. The third-order valence-corrected chi connectivity index (χ3v) is 3.00. The maximum absolute atomic E-state index is 11.3. The van der Waals surface area contributed by atoms with Crippen LogP contribution < -0.4 is 5.32 Å². The summed E-state index contributed by atoms with van der Waals surface area (Å²) in [6.45, 7) is 8.30. The van der Waals surface area contributed by atoms with Gasteiger partial charge < -0.3 is 10.1 Å². The van der Waals surface area contributed by atoms with Gasteiger partial charge in [-0.3, -0.25) is 0 Å². The number of alkyl carbamates (subject to hydrolysis) is 1. The number of ether oxygens (including phenoxy) is 1. The van der Waals surface area contributed by atoms with Gasteiger partial charge in [0.15, 0.2) is 0 Å². The van der Waals surface area contributed by atoms with Gasteiger partial charge in [-0.05, 0) is 44.9 Å². The van der Waals surface area contributed by atoms with E-state index in [-0.39, 0.29) is 12.2 Å². The van der Waals surface area contributed by atoms with E-state index in [1.807, 2.05) is 13.8 Å². The molecule has 1 fully saturated rings. The molecule has 0 heterocycles. The summed E-state index contributed by atoms with van der Waals surface area (Å²) in [6, 6.07) is 0.310. The van der Waals surface area contributed by atoms with E-state index < -0.39 is 0 Å². The van der Waals surface area contributed by atoms with Gasteiger partial charge in [0.1, 0.15) is 0 Å². The molecule has 1 rings (SSSR count). The molecule has 0 radical (unpaired) electrons. The van der Waals surface area contributed by atoms with Gasteiger partial charge in [-0.2, -0.15) is 0 Å². The number of hydrogen-bond acceptors (Lipinski definition) is 2. The summed E-state index contributed by atoms with van der Waals surface area (Å²) in [6.07, 6.45) is 4.19. The minimum Gasteiger partial charge on any atom is -0.447 e. The second kappa shape index (κ2) is 4.86. The smallest absolute Gasteiger partial charge is 0.407 e. The van der Waals surface area contributed by atoms with Crippen LogP contribution in [0, 0.1) is 5.41 Å². The molecule has 0 unspecified atom stereocenters. The number of carbonyl (C=O) groups is 1. The van der Waals surface area contributed by atoms with Gasteiger partial charge in [-0.15, -0.1) is 0 Å². The number of amides is 1. The molecule has 88 valence electrons. The number of rotatable bonds is 2. The normalized spacial score (nSPS) is 21.4. The van der Waals surface area contributed by atoms with Gasteiger partial charge in [0.2, 0.25) is 0 Å². The molecule has 0 atom stereocenters. The third kappa shape index (κ3) is 4.54. The zero-order chi connectivity index (χ0) is 11.5. The zero-order valence-electron chi connectivity index (χ0n) is 10.3. The zero-order valence-corrected chi connectivity index (χ0v) is 10.3. The highest BCUT2D eigenvalue weighted by Crippen LogP contribution is 2.34. The SMILES string of the molecule is CC(C)OC(=O)NC1CCC(C)(C)CC1. The van der Waals surface area contributed by atoms with Crippen molar-refractivity contribution in [3.63, 3.8) is 0 Å². The molecule has 1 aliphatic carbocycles. The topological polar surface area (TPSA) is 38.3 Å². The van der Waals surface area contributed by atoms with Gasteiger partial charge in [0, 0.05) is 6.04 Å². The van der Waals surface area contributed by atoms with E-state index >= 15 is 0 Å². The van der Waals surface area contributed by atoms with Crippen molar-refractivity contribution < 1.29 is 9.53 Å². The Morgan fingerprint density at radius 2 is 1.87 bits per heavy atom. The van der Waals surface area contributed by atoms with E-state index in [0.29, 0.717) is 11.5 Å². The summed E-state index contributed by atoms with van der Waals surface area (Å²) in [7, 11) is 0. The molecule has 3 nitrogen and oxygen atoms in total. The first-order chi connectivity index (χ1) is 6.89. The Hall–Kier alpha value is -0.730. The summed E-state index contributed by atoms with van der Waals surface area (Å²) in [4.78, 5) is 11.3. The minimum absolute atomic E-state index is 0.0370. The van der Waals surface area contributed by atoms with Crippen molar-refractivity contribution in [2.75, 3.05) is 0 Å². The molecule has 1 N–H and O–H groups in total. The molecule has 0 spiro atoms. The second-order valence-corrected chi connectivity index (χ2v) is 5.54. The Morgan fingerprint density at radius 1 is 1.33 bits per heavy atom. The maximum atomic E-state index is 11.3. The average Bonchev–Trinajstić information content (AvgIpc) is 2.07. The second-order valence-electron chi connectivity index (χ2n) is 5.54. The molecule has 0 aromatic heterocycles. The van der Waals surface area contributed by atoms with Crippen LogP contribution in [0.25, 0.3) is 0 Å². The molecule has 0 saturated heterocycles.